The summed E-state index contributed by atoms with van der Waals surface area (Å²) in [6.45, 7) is -0.0205. The number of nitrogens with two attached hydrogens (primary N) is 1. The Bertz CT molecular complexity index is 1080. The van der Waals surface area contributed by atoms with Gasteiger partial charge in [0.25, 0.3) is 5.91 Å². The first-order chi connectivity index (χ1) is 16.5. The van der Waals surface area contributed by atoms with E-state index in [0.29, 0.717) is 0 Å². The maximum absolute atomic E-state index is 12.1. The molecule has 6 heteroatoms. The van der Waals surface area contributed by atoms with E-state index in [4.69, 9.17) is 10.6 Å². The van der Waals surface area contributed by atoms with Crippen LogP contribution in [0.15, 0.2) is 78.9 Å². The van der Waals surface area contributed by atoms with E-state index in [0.717, 1.165) is 36.8 Å². The molecule has 0 radical (unpaired) electrons. The van der Waals surface area contributed by atoms with Crippen molar-refractivity contribution in [3.05, 3.63) is 107 Å². The number of unbranched alkanes of at least 4 members (excludes halogenated alkanes) is 1. The minimum Gasteiger partial charge on any atom is -0.335 e. The highest BCUT2D eigenvalue weighted by Gasteiger charge is 2.11. The molecule has 0 bridgehead atoms. The van der Waals surface area contributed by atoms with Crippen molar-refractivity contribution in [2.24, 2.45) is 5.73 Å². The van der Waals surface area contributed by atoms with Crippen LogP contribution in [0.4, 0.5) is 0 Å². The van der Waals surface area contributed by atoms with Gasteiger partial charge in [0.1, 0.15) is 0 Å². The zero-order valence-electron chi connectivity index (χ0n) is 19.2. The molecule has 0 saturated heterocycles. The molecule has 1 amide bonds. The Hall–Kier alpha value is -3.77. The average molecular weight is 459 g/mol. The third-order valence-corrected chi connectivity index (χ3v) is 5.49. The third-order valence-electron chi connectivity index (χ3n) is 5.49. The summed E-state index contributed by atoms with van der Waals surface area (Å²) in [5, 5.41) is 0. The summed E-state index contributed by atoms with van der Waals surface area (Å²) < 4.78 is 0. The van der Waals surface area contributed by atoms with E-state index in [1.54, 1.807) is 24.3 Å². The molecule has 0 heterocycles. The van der Waals surface area contributed by atoms with Crippen molar-refractivity contribution in [3.8, 4) is 0 Å². The Kier molecular flexibility index (Phi) is 9.55. The van der Waals surface area contributed by atoms with E-state index in [1.807, 2.05) is 30.3 Å². The van der Waals surface area contributed by atoms with Crippen LogP contribution in [0.3, 0.4) is 0 Å². The van der Waals surface area contributed by atoms with E-state index in [9.17, 15) is 14.4 Å². The molecule has 3 aromatic carbocycles. The van der Waals surface area contributed by atoms with Crippen LogP contribution in [0.1, 0.15) is 45.5 Å². The molecule has 176 valence electrons. The molecule has 0 spiro atoms. The summed E-state index contributed by atoms with van der Waals surface area (Å²) in [7, 11) is 0. The van der Waals surface area contributed by atoms with Gasteiger partial charge in [0.15, 0.2) is 5.78 Å². The number of hydrogen-bond acceptors (Lipinski definition) is 5. The fourth-order valence-corrected chi connectivity index (χ4v) is 3.57. The minimum atomic E-state index is -0.670. The van der Waals surface area contributed by atoms with Crippen LogP contribution in [0.2, 0.25) is 0 Å². The summed E-state index contributed by atoms with van der Waals surface area (Å²) >= 11 is 0. The fraction of sp³-hybridized carbons (Fsp3) is 0.250. The number of hydrogen-bond donors (Lipinski definition) is 2. The first kappa shape index (κ1) is 24.9. The minimum absolute atomic E-state index is 0.0205. The van der Waals surface area contributed by atoms with Gasteiger partial charge in [-0.3, -0.25) is 9.59 Å². The largest absolute Gasteiger partial charge is 0.362 e. The predicted octanol–water partition coefficient (Wildman–Crippen LogP) is 3.75. The fourth-order valence-electron chi connectivity index (χ4n) is 3.57. The van der Waals surface area contributed by atoms with Gasteiger partial charge in [-0.2, -0.15) is 5.48 Å². The van der Waals surface area contributed by atoms with E-state index >= 15 is 0 Å². The normalized spacial score (nSPS) is 10.5. The Morgan fingerprint density at radius 3 is 1.82 bits per heavy atom. The second-order valence-electron chi connectivity index (χ2n) is 8.22. The number of ketones is 1. The van der Waals surface area contributed by atoms with E-state index in [-0.39, 0.29) is 30.7 Å². The number of nitrogens with one attached hydrogen (secondary N) is 1. The number of carbonyl (C=O) groups excluding carboxylic acids is 3. The zero-order chi connectivity index (χ0) is 24.2. The van der Waals surface area contributed by atoms with E-state index in [1.165, 1.54) is 11.1 Å². The lowest BCUT2D eigenvalue weighted by Crippen LogP contribution is -2.28. The molecular formula is C28H30N2O4. The van der Waals surface area contributed by atoms with Crippen LogP contribution >= 0.6 is 0 Å². The lowest BCUT2D eigenvalue weighted by Gasteiger charge is -2.07. The van der Waals surface area contributed by atoms with Crippen LogP contribution in [0, 0.1) is 0 Å². The van der Waals surface area contributed by atoms with Crippen LogP contribution in [-0.2, 0) is 40.1 Å². The summed E-state index contributed by atoms with van der Waals surface area (Å²) in [4.78, 5) is 40.6. The first-order valence-electron chi connectivity index (χ1n) is 11.5. The van der Waals surface area contributed by atoms with Crippen LogP contribution in [0.5, 0.6) is 0 Å². The third kappa shape index (κ3) is 8.30. The molecule has 0 unspecified atom stereocenters. The zero-order valence-corrected chi connectivity index (χ0v) is 19.2. The lowest BCUT2D eigenvalue weighted by molar-refractivity contribution is -0.129. The number of Topliss-reactive ketones (excluding diaryl/α,β-unsaturated/α-hetero) is 1. The van der Waals surface area contributed by atoms with Gasteiger partial charge in [0.05, 0.1) is 18.5 Å². The van der Waals surface area contributed by atoms with Gasteiger partial charge in [0.2, 0.25) is 0 Å². The maximum Gasteiger partial charge on any atom is 0.362 e. The quantitative estimate of drug-likeness (QED) is 0.337. The standard InChI is InChI=1S/C28H30N2O4/c29-20-26(31)18-23-14-16-25(17-15-23)28(33)34-30-27(32)19-24-12-10-22(11-13-24)9-5-4-8-21-6-2-1-3-7-21/h1-3,6-7,10-17H,4-5,8-9,18-20,29H2,(H,30,32). The van der Waals surface area contributed by atoms with E-state index in [2.05, 4.69) is 29.7 Å². The van der Waals surface area contributed by atoms with Crippen molar-refractivity contribution < 1.29 is 19.2 Å². The Morgan fingerprint density at radius 2 is 1.21 bits per heavy atom. The van der Waals surface area contributed by atoms with Gasteiger partial charge in [0, 0.05) is 6.42 Å². The smallest absolute Gasteiger partial charge is 0.335 e. The SMILES string of the molecule is NCC(=O)Cc1ccc(C(=O)ONC(=O)Cc2ccc(CCCCc3ccccc3)cc2)cc1. The molecule has 6 nitrogen and oxygen atoms in total. The van der Waals surface area contributed by atoms with Crippen molar-refractivity contribution in [2.75, 3.05) is 6.54 Å². The summed E-state index contributed by atoms with van der Waals surface area (Å²) in [6.07, 6.45) is 4.64. The molecule has 0 aromatic heterocycles. The van der Waals surface area contributed by atoms with E-state index < -0.39 is 11.9 Å². The second kappa shape index (κ2) is 13.1. The number of aryl methyl sites for hydroxylation is 2. The van der Waals surface area contributed by atoms with Crippen molar-refractivity contribution >= 4 is 17.7 Å². The molecule has 3 rings (SSSR count). The highest BCUT2D eigenvalue weighted by molar-refractivity contribution is 5.91. The van der Waals surface area contributed by atoms with Crippen molar-refractivity contribution in [1.82, 2.24) is 5.48 Å². The molecule has 0 saturated carbocycles. The van der Waals surface area contributed by atoms with Crippen molar-refractivity contribution in [3.63, 3.8) is 0 Å². The molecule has 0 aliphatic carbocycles. The Labute approximate surface area is 200 Å². The average Bonchev–Trinajstić information content (AvgIpc) is 2.87. The molecule has 0 aliphatic heterocycles. The highest BCUT2D eigenvalue weighted by Crippen LogP contribution is 2.11. The number of rotatable bonds is 11. The molecule has 34 heavy (non-hydrogen) atoms. The highest BCUT2D eigenvalue weighted by atomic mass is 16.7. The number of carbonyl (C=O) groups is 3. The molecule has 0 aliphatic rings. The van der Waals surface area contributed by atoms with Gasteiger partial charge in [-0.1, -0.05) is 66.7 Å². The summed E-state index contributed by atoms with van der Waals surface area (Å²) in [5.74, 6) is -1.16. The summed E-state index contributed by atoms with van der Waals surface area (Å²) in [5.41, 5.74) is 12.0. The number of hydroxylamine groups is 1. The van der Waals surface area contributed by atoms with Crippen LogP contribution in [0.25, 0.3) is 0 Å². The van der Waals surface area contributed by atoms with Crippen LogP contribution in [-0.4, -0.2) is 24.2 Å². The van der Waals surface area contributed by atoms with Crippen molar-refractivity contribution in [1.29, 1.82) is 0 Å². The predicted molar refractivity (Wildman–Crippen MR) is 131 cm³/mol. The molecule has 0 atom stereocenters. The van der Waals surface area contributed by atoms with Gasteiger partial charge in [-0.25, -0.2) is 4.79 Å². The number of amides is 1. The summed E-state index contributed by atoms with van der Waals surface area (Å²) in [6, 6.07) is 24.8. The molecular weight excluding hydrogens is 428 g/mol. The van der Waals surface area contributed by atoms with Gasteiger partial charge < -0.3 is 10.6 Å². The van der Waals surface area contributed by atoms with Gasteiger partial charge >= 0.3 is 5.97 Å². The van der Waals surface area contributed by atoms with Gasteiger partial charge in [-0.05, 0) is 60.1 Å². The van der Waals surface area contributed by atoms with Crippen LogP contribution < -0.4 is 11.2 Å². The van der Waals surface area contributed by atoms with Gasteiger partial charge in [-0.15, -0.1) is 0 Å². The lowest BCUT2D eigenvalue weighted by atomic mass is 10.0. The van der Waals surface area contributed by atoms with Crippen molar-refractivity contribution in [2.45, 2.75) is 38.5 Å². The topological polar surface area (TPSA) is 98.5 Å². The molecule has 3 aromatic rings. The Balaban J connectivity index is 1.37. The number of benzene rings is 3. The molecule has 0 fully saturated rings. The molecule has 3 N–H and O–H groups in total. The second-order valence-corrected chi connectivity index (χ2v) is 8.22. The maximum atomic E-state index is 12.1. The Morgan fingerprint density at radius 1 is 0.676 bits per heavy atom. The first-order valence-corrected chi connectivity index (χ1v) is 11.5. The monoisotopic (exact) mass is 458 g/mol.